The van der Waals surface area contributed by atoms with E-state index >= 15 is 0 Å². The number of pyridine rings is 3. The van der Waals surface area contributed by atoms with Crippen LogP contribution in [0.4, 0.5) is 17.5 Å². The Morgan fingerprint density at radius 2 is 1.81 bits per heavy atom. The summed E-state index contributed by atoms with van der Waals surface area (Å²) in [5.41, 5.74) is 3.04. The van der Waals surface area contributed by atoms with Crippen LogP contribution < -0.4 is 21.1 Å². The lowest BCUT2D eigenvalue weighted by atomic mass is 10.0. The number of hydrogen-bond acceptors (Lipinski definition) is 11. The average molecular weight is 579 g/mol. The third-order valence-corrected chi connectivity index (χ3v) is 8.00. The van der Waals surface area contributed by atoms with Crippen molar-refractivity contribution in [2.75, 3.05) is 36.4 Å². The highest BCUT2D eigenvalue weighted by molar-refractivity contribution is 5.99. The van der Waals surface area contributed by atoms with Crippen LogP contribution in [0.2, 0.25) is 0 Å². The molecule has 43 heavy (non-hydrogen) atoms. The van der Waals surface area contributed by atoms with E-state index in [0.717, 1.165) is 74.0 Å². The predicted molar refractivity (Wildman–Crippen MR) is 166 cm³/mol. The quantitative estimate of drug-likeness (QED) is 0.292. The molecule has 1 aliphatic carbocycles. The van der Waals surface area contributed by atoms with Gasteiger partial charge >= 0.3 is 0 Å². The molecule has 0 unspecified atom stereocenters. The molecule has 7 rings (SSSR count). The predicted octanol–water partition coefficient (Wildman–Crippen LogP) is 3.99. The van der Waals surface area contributed by atoms with E-state index in [9.17, 15) is 9.59 Å². The number of nitrogens with one attached hydrogen (secondary N) is 2. The van der Waals surface area contributed by atoms with Crippen LogP contribution in [-0.2, 0) is 0 Å². The van der Waals surface area contributed by atoms with Gasteiger partial charge in [0.25, 0.3) is 5.56 Å². The molecule has 1 saturated carbocycles. The van der Waals surface area contributed by atoms with E-state index in [2.05, 4.69) is 40.5 Å². The summed E-state index contributed by atoms with van der Waals surface area (Å²) in [6, 6.07) is 7.81. The van der Waals surface area contributed by atoms with Crippen molar-refractivity contribution in [3.63, 3.8) is 0 Å². The van der Waals surface area contributed by atoms with Crippen molar-refractivity contribution in [1.82, 2.24) is 39.8 Å². The van der Waals surface area contributed by atoms with Crippen molar-refractivity contribution in [2.45, 2.75) is 45.6 Å². The van der Waals surface area contributed by atoms with Crippen LogP contribution in [0.1, 0.15) is 54.6 Å². The van der Waals surface area contributed by atoms with Gasteiger partial charge in [0.2, 0.25) is 5.95 Å². The highest BCUT2D eigenvalue weighted by atomic mass is 16.1. The first kappa shape index (κ1) is 28.3. The second-order valence-corrected chi connectivity index (χ2v) is 10.8. The molecule has 0 amide bonds. The Morgan fingerprint density at radius 1 is 1.00 bits per heavy atom. The molecule has 2 N–H and O–H groups in total. The Bertz CT molecular complexity index is 1750. The summed E-state index contributed by atoms with van der Waals surface area (Å²) in [6.45, 7) is 7.11. The van der Waals surface area contributed by atoms with Gasteiger partial charge in [-0.1, -0.05) is 12.8 Å². The van der Waals surface area contributed by atoms with Gasteiger partial charge in [0.15, 0.2) is 11.4 Å². The molecule has 0 spiro atoms. The van der Waals surface area contributed by atoms with E-state index in [1.165, 1.54) is 13.3 Å². The Kier molecular flexibility index (Phi) is 8.27. The summed E-state index contributed by atoms with van der Waals surface area (Å²) >= 11 is 0. The summed E-state index contributed by atoms with van der Waals surface area (Å²) in [7, 11) is 0. The fourth-order valence-electron chi connectivity index (χ4n) is 5.81. The van der Waals surface area contributed by atoms with Gasteiger partial charge in [0.05, 0.1) is 17.4 Å². The van der Waals surface area contributed by atoms with E-state index in [0.29, 0.717) is 23.0 Å². The molecule has 1 saturated heterocycles. The number of ketones is 1. The number of rotatable bonds is 5. The highest BCUT2D eigenvalue weighted by Crippen LogP contribution is 2.32. The molecule has 0 radical (unpaired) electrons. The van der Waals surface area contributed by atoms with E-state index in [4.69, 9.17) is 4.98 Å². The topological polar surface area (TPSA) is 144 Å². The SMILES string of the molecule is CC(=O)c1c(C)c2cnc(Nc3ccc(N4CCNCC4)cn3)nc2n(C2CCCC2)c1=O.c1cnc2ncncc2c1. The molecular formula is C31H34N10O2. The maximum Gasteiger partial charge on any atom is 0.263 e. The first-order chi connectivity index (χ1) is 21.0. The van der Waals surface area contributed by atoms with Gasteiger partial charge in [-0.05, 0) is 56.5 Å². The molecule has 5 aromatic rings. The van der Waals surface area contributed by atoms with E-state index in [1.807, 2.05) is 30.5 Å². The maximum absolute atomic E-state index is 13.3. The Morgan fingerprint density at radius 3 is 2.53 bits per heavy atom. The molecule has 2 aliphatic rings. The number of carbonyl (C=O) groups is 1. The summed E-state index contributed by atoms with van der Waals surface area (Å²) in [5, 5.41) is 8.24. The number of fused-ring (bicyclic) bond motifs is 2. The zero-order chi connectivity index (χ0) is 29.8. The highest BCUT2D eigenvalue weighted by Gasteiger charge is 2.26. The minimum Gasteiger partial charge on any atom is -0.368 e. The van der Waals surface area contributed by atoms with Crippen LogP contribution in [0.15, 0.2) is 60.2 Å². The normalized spacial score (nSPS) is 15.3. The van der Waals surface area contributed by atoms with Crippen LogP contribution in [0.3, 0.4) is 0 Å². The molecule has 6 heterocycles. The summed E-state index contributed by atoms with van der Waals surface area (Å²) in [4.78, 5) is 53.5. The molecule has 220 valence electrons. The van der Waals surface area contributed by atoms with Gasteiger partial charge < -0.3 is 15.5 Å². The van der Waals surface area contributed by atoms with Crippen LogP contribution in [0.5, 0.6) is 0 Å². The number of nitrogens with zero attached hydrogens (tertiary/aromatic N) is 8. The van der Waals surface area contributed by atoms with E-state index in [-0.39, 0.29) is 22.9 Å². The van der Waals surface area contributed by atoms with Crippen LogP contribution in [0.25, 0.3) is 22.1 Å². The molecule has 0 atom stereocenters. The van der Waals surface area contributed by atoms with Crippen LogP contribution in [0, 0.1) is 6.92 Å². The third-order valence-electron chi connectivity index (χ3n) is 8.00. The molecular weight excluding hydrogens is 544 g/mol. The van der Waals surface area contributed by atoms with Crippen molar-refractivity contribution in [3.05, 3.63) is 76.9 Å². The molecule has 5 aromatic heterocycles. The molecule has 1 aliphatic heterocycles. The van der Waals surface area contributed by atoms with Gasteiger partial charge in [0.1, 0.15) is 17.8 Å². The zero-order valence-electron chi connectivity index (χ0n) is 24.3. The molecule has 2 fully saturated rings. The van der Waals surface area contributed by atoms with Crippen molar-refractivity contribution in [2.24, 2.45) is 0 Å². The third kappa shape index (κ3) is 6.05. The van der Waals surface area contributed by atoms with Gasteiger partial charge in [-0.3, -0.25) is 14.2 Å². The summed E-state index contributed by atoms with van der Waals surface area (Å²) in [5.74, 6) is 0.799. The van der Waals surface area contributed by atoms with Crippen molar-refractivity contribution >= 4 is 45.3 Å². The van der Waals surface area contributed by atoms with Crippen molar-refractivity contribution < 1.29 is 4.79 Å². The summed E-state index contributed by atoms with van der Waals surface area (Å²) in [6.07, 6.45) is 12.5. The van der Waals surface area contributed by atoms with Gasteiger partial charge in [-0.2, -0.15) is 4.98 Å². The number of aromatic nitrogens is 7. The van der Waals surface area contributed by atoms with Gasteiger partial charge in [0, 0.05) is 61.6 Å². The standard InChI is InChI=1S/C24H29N7O2.C7H5N3/c1-15-19-14-27-24(28-20-8-7-18(13-26-20)30-11-9-25-10-12-30)29-22(19)31(17-5-3-4-6-17)23(33)21(15)16(2)32;1-2-6-4-8-5-10-7(6)9-3-1/h7-8,13-14,17,25H,3-6,9-12H2,1-2H3,(H,26,27,28,29);1-5H. The Hall–Kier alpha value is -4.84. The molecule has 12 heteroatoms. The smallest absolute Gasteiger partial charge is 0.263 e. The van der Waals surface area contributed by atoms with Gasteiger partial charge in [-0.15, -0.1) is 0 Å². The fraction of sp³-hybridized carbons (Fsp3) is 0.355. The average Bonchev–Trinajstić information content (AvgIpc) is 3.57. The van der Waals surface area contributed by atoms with E-state index in [1.54, 1.807) is 30.1 Å². The minimum atomic E-state index is -0.248. The van der Waals surface area contributed by atoms with Crippen LogP contribution >= 0.6 is 0 Å². The number of anilines is 3. The number of aryl methyl sites for hydroxylation is 1. The monoisotopic (exact) mass is 578 g/mol. The first-order valence-corrected chi connectivity index (χ1v) is 14.6. The maximum atomic E-state index is 13.3. The van der Waals surface area contributed by atoms with E-state index < -0.39 is 0 Å². The summed E-state index contributed by atoms with van der Waals surface area (Å²) < 4.78 is 1.72. The minimum absolute atomic E-state index is 0.0536. The number of Topliss-reactive ketones (excluding diaryl/α,β-unsaturated/α-hetero) is 1. The zero-order valence-corrected chi connectivity index (χ0v) is 24.3. The number of hydrogen-bond donors (Lipinski definition) is 2. The van der Waals surface area contributed by atoms with Gasteiger partial charge in [-0.25, -0.2) is 24.9 Å². The lowest BCUT2D eigenvalue weighted by molar-refractivity contribution is 0.101. The lowest BCUT2D eigenvalue weighted by Crippen LogP contribution is -2.43. The molecule has 12 nitrogen and oxygen atoms in total. The number of piperazine rings is 1. The first-order valence-electron chi connectivity index (χ1n) is 14.6. The molecule has 0 aromatic carbocycles. The second-order valence-electron chi connectivity index (χ2n) is 10.8. The fourth-order valence-corrected chi connectivity index (χ4v) is 5.81. The van der Waals surface area contributed by atoms with Crippen LogP contribution in [-0.4, -0.2) is 66.4 Å². The van der Waals surface area contributed by atoms with Crippen molar-refractivity contribution in [3.8, 4) is 0 Å². The number of carbonyl (C=O) groups excluding carboxylic acids is 1. The molecule has 0 bridgehead atoms. The Balaban J connectivity index is 0.000000277. The lowest BCUT2D eigenvalue weighted by Gasteiger charge is -2.29. The van der Waals surface area contributed by atoms with Crippen molar-refractivity contribution in [1.29, 1.82) is 0 Å². The Labute approximate surface area is 248 Å². The largest absolute Gasteiger partial charge is 0.368 e. The second kappa shape index (κ2) is 12.6.